The Kier molecular flexibility index (Phi) is 5.32. The van der Waals surface area contributed by atoms with Gasteiger partial charge in [-0.3, -0.25) is 4.98 Å². The molecular weight excluding hydrogens is 309 g/mol. The van der Waals surface area contributed by atoms with E-state index in [-0.39, 0.29) is 0 Å². The molecule has 5 heteroatoms. The van der Waals surface area contributed by atoms with Crippen molar-refractivity contribution in [3.05, 3.63) is 51.8 Å². The molecule has 1 heterocycles. The summed E-state index contributed by atoms with van der Waals surface area (Å²) < 4.78 is 11.2. The van der Waals surface area contributed by atoms with Gasteiger partial charge >= 0.3 is 0 Å². The fourth-order valence-electron chi connectivity index (χ4n) is 2.17. The Morgan fingerprint density at radius 1 is 1.24 bits per heavy atom. The van der Waals surface area contributed by atoms with Gasteiger partial charge in [0.1, 0.15) is 18.1 Å². The number of benzene rings is 1. The molecule has 112 valence electrons. The number of methoxy groups -OCH3 is 1. The second kappa shape index (κ2) is 7.01. The molecule has 0 radical (unpaired) electrons. The zero-order valence-electron chi connectivity index (χ0n) is 12.2. The van der Waals surface area contributed by atoms with Crippen LogP contribution in [0.15, 0.2) is 24.4 Å². The minimum Gasteiger partial charge on any atom is -0.496 e. The molecule has 0 aliphatic heterocycles. The Labute approximate surface area is 134 Å². The van der Waals surface area contributed by atoms with Crippen molar-refractivity contribution in [1.82, 2.24) is 4.98 Å². The zero-order valence-corrected chi connectivity index (χ0v) is 13.8. The molecule has 0 saturated heterocycles. The highest BCUT2D eigenvalue weighted by molar-refractivity contribution is 6.32. The Hall–Kier alpha value is -1.45. The van der Waals surface area contributed by atoms with Crippen LogP contribution in [0, 0.1) is 13.8 Å². The molecule has 0 spiro atoms. The van der Waals surface area contributed by atoms with Crippen molar-refractivity contribution >= 4 is 23.2 Å². The van der Waals surface area contributed by atoms with Crippen molar-refractivity contribution in [2.45, 2.75) is 26.3 Å². The molecule has 0 amide bonds. The number of aryl methyl sites for hydroxylation is 1. The topological polar surface area (TPSA) is 31.4 Å². The second-order valence-corrected chi connectivity index (χ2v) is 5.36. The largest absolute Gasteiger partial charge is 0.496 e. The van der Waals surface area contributed by atoms with Crippen LogP contribution >= 0.6 is 23.2 Å². The maximum absolute atomic E-state index is 6.11. The van der Waals surface area contributed by atoms with Gasteiger partial charge in [0.2, 0.25) is 0 Å². The molecule has 0 N–H and O–H groups in total. The van der Waals surface area contributed by atoms with E-state index in [1.165, 1.54) is 0 Å². The van der Waals surface area contributed by atoms with Crippen LogP contribution in [0.25, 0.3) is 0 Å². The van der Waals surface area contributed by atoms with Crippen molar-refractivity contribution in [3.8, 4) is 11.5 Å². The standard InChI is InChI=1S/C16H17Cl2NO2/c1-10-8-19-14(11(2)16(10)20-3)9-21-15-6-4-5-13(18)12(15)7-17/h4-6,8H,7,9H2,1-3H3. The van der Waals surface area contributed by atoms with Gasteiger partial charge in [0, 0.05) is 27.9 Å². The molecule has 0 aliphatic rings. The number of rotatable bonds is 5. The van der Waals surface area contributed by atoms with Gasteiger partial charge in [0.05, 0.1) is 18.7 Å². The maximum Gasteiger partial charge on any atom is 0.131 e. The highest BCUT2D eigenvalue weighted by atomic mass is 35.5. The normalized spacial score (nSPS) is 10.5. The van der Waals surface area contributed by atoms with E-state index in [0.29, 0.717) is 23.3 Å². The summed E-state index contributed by atoms with van der Waals surface area (Å²) >= 11 is 12.0. The number of ether oxygens (including phenoxy) is 2. The van der Waals surface area contributed by atoms with Gasteiger partial charge < -0.3 is 9.47 Å². The summed E-state index contributed by atoms with van der Waals surface area (Å²) in [5.41, 5.74) is 3.60. The SMILES string of the molecule is COc1c(C)cnc(COc2cccc(Cl)c2CCl)c1C. The number of aromatic nitrogens is 1. The smallest absolute Gasteiger partial charge is 0.131 e. The number of nitrogens with zero attached hydrogens (tertiary/aromatic N) is 1. The van der Waals surface area contributed by atoms with Gasteiger partial charge in [-0.1, -0.05) is 17.7 Å². The van der Waals surface area contributed by atoms with Crippen LogP contribution in [0.3, 0.4) is 0 Å². The Morgan fingerprint density at radius 3 is 2.67 bits per heavy atom. The molecular formula is C16H17Cl2NO2. The molecule has 0 atom stereocenters. The van der Waals surface area contributed by atoms with E-state index in [2.05, 4.69) is 4.98 Å². The van der Waals surface area contributed by atoms with E-state index >= 15 is 0 Å². The van der Waals surface area contributed by atoms with Gasteiger partial charge in [-0.2, -0.15) is 0 Å². The van der Waals surface area contributed by atoms with E-state index in [1.54, 1.807) is 19.4 Å². The second-order valence-electron chi connectivity index (χ2n) is 4.68. The molecule has 21 heavy (non-hydrogen) atoms. The monoisotopic (exact) mass is 325 g/mol. The summed E-state index contributed by atoms with van der Waals surface area (Å²) in [5.74, 6) is 1.82. The first-order chi connectivity index (χ1) is 10.1. The Bertz CT molecular complexity index is 644. The van der Waals surface area contributed by atoms with Gasteiger partial charge in [0.25, 0.3) is 0 Å². The van der Waals surface area contributed by atoms with Gasteiger partial charge in [-0.15, -0.1) is 11.6 Å². The number of hydrogen-bond donors (Lipinski definition) is 0. The van der Waals surface area contributed by atoms with Crippen molar-refractivity contribution in [2.24, 2.45) is 0 Å². The Morgan fingerprint density at radius 2 is 2.00 bits per heavy atom. The van der Waals surface area contributed by atoms with Gasteiger partial charge in [0.15, 0.2) is 0 Å². The van der Waals surface area contributed by atoms with Crippen molar-refractivity contribution in [1.29, 1.82) is 0 Å². The van der Waals surface area contributed by atoms with Crippen LogP contribution in [-0.2, 0) is 12.5 Å². The third kappa shape index (κ3) is 3.42. The third-order valence-corrected chi connectivity index (χ3v) is 3.95. The van der Waals surface area contributed by atoms with Gasteiger partial charge in [-0.05, 0) is 26.0 Å². The molecule has 1 aromatic heterocycles. The van der Waals surface area contributed by atoms with E-state index in [4.69, 9.17) is 32.7 Å². The van der Waals surface area contributed by atoms with E-state index in [0.717, 1.165) is 28.1 Å². The van der Waals surface area contributed by atoms with Gasteiger partial charge in [-0.25, -0.2) is 0 Å². The fourth-order valence-corrected chi connectivity index (χ4v) is 2.74. The average molecular weight is 326 g/mol. The molecule has 3 nitrogen and oxygen atoms in total. The Balaban J connectivity index is 2.23. The lowest BCUT2D eigenvalue weighted by atomic mass is 10.1. The summed E-state index contributed by atoms with van der Waals surface area (Å²) in [4.78, 5) is 4.41. The lowest BCUT2D eigenvalue weighted by Gasteiger charge is -2.14. The first-order valence-electron chi connectivity index (χ1n) is 6.53. The van der Waals surface area contributed by atoms with E-state index in [1.807, 2.05) is 26.0 Å². The number of halogens is 2. The van der Waals surface area contributed by atoms with E-state index < -0.39 is 0 Å². The van der Waals surface area contributed by atoms with E-state index in [9.17, 15) is 0 Å². The number of pyridine rings is 1. The molecule has 0 aliphatic carbocycles. The van der Waals surface area contributed by atoms with Crippen LogP contribution < -0.4 is 9.47 Å². The molecule has 1 aromatic carbocycles. The van der Waals surface area contributed by atoms with Crippen molar-refractivity contribution < 1.29 is 9.47 Å². The fraction of sp³-hybridized carbons (Fsp3) is 0.312. The lowest BCUT2D eigenvalue weighted by Crippen LogP contribution is -2.05. The molecule has 0 bridgehead atoms. The van der Waals surface area contributed by atoms with Crippen LogP contribution in [0.2, 0.25) is 5.02 Å². The van der Waals surface area contributed by atoms with Crippen LogP contribution in [-0.4, -0.2) is 12.1 Å². The van der Waals surface area contributed by atoms with Crippen LogP contribution in [0.1, 0.15) is 22.4 Å². The predicted octanol–water partition coefficient (Wildman–Crippen LogP) is 4.68. The lowest BCUT2D eigenvalue weighted by molar-refractivity contribution is 0.296. The number of hydrogen-bond acceptors (Lipinski definition) is 3. The van der Waals surface area contributed by atoms with Crippen molar-refractivity contribution in [2.75, 3.05) is 7.11 Å². The van der Waals surface area contributed by atoms with Crippen LogP contribution in [0.4, 0.5) is 0 Å². The van der Waals surface area contributed by atoms with Crippen molar-refractivity contribution in [3.63, 3.8) is 0 Å². The first-order valence-corrected chi connectivity index (χ1v) is 7.45. The highest BCUT2D eigenvalue weighted by Gasteiger charge is 2.12. The summed E-state index contributed by atoms with van der Waals surface area (Å²) in [6.07, 6.45) is 1.78. The summed E-state index contributed by atoms with van der Waals surface area (Å²) in [6, 6.07) is 5.48. The average Bonchev–Trinajstić information content (AvgIpc) is 2.47. The molecule has 0 saturated carbocycles. The highest BCUT2D eigenvalue weighted by Crippen LogP contribution is 2.30. The first kappa shape index (κ1) is 15.9. The summed E-state index contributed by atoms with van der Waals surface area (Å²) in [6.45, 7) is 4.27. The number of alkyl halides is 1. The zero-order chi connectivity index (χ0) is 15.4. The summed E-state index contributed by atoms with van der Waals surface area (Å²) in [5, 5.41) is 0.605. The van der Waals surface area contributed by atoms with Crippen LogP contribution in [0.5, 0.6) is 11.5 Å². The molecule has 2 aromatic rings. The molecule has 2 rings (SSSR count). The summed E-state index contributed by atoms with van der Waals surface area (Å²) in [7, 11) is 1.66. The molecule has 0 unspecified atom stereocenters. The maximum atomic E-state index is 6.11. The minimum absolute atomic E-state index is 0.304. The third-order valence-electron chi connectivity index (χ3n) is 3.32. The quantitative estimate of drug-likeness (QED) is 0.748. The minimum atomic E-state index is 0.304. The predicted molar refractivity (Wildman–Crippen MR) is 85.6 cm³/mol. The molecule has 0 fully saturated rings.